The minimum absolute atomic E-state index is 0.0848. The Labute approximate surface area is 338 Å². The summed E-state index contributed by atoms with van der Waals surface area (Å²) in [6, 6.07) is 3.74. The van der Waals surface area contributed by atoms with Gasteiger partial charge in [0.05, 0.1) is 11.1 Å². The molecular weight excluding hydrogens is 831 g/mol. The SMILES string of the molecule is CC(=O)OC[C@H]1O[C@@H](O[C@H]2[C@H](OC(C)=O)[C@@H](N3C(=O)c4ccccc4C3=O)[C@H](OC(=N)C(Cl)(Cl)Cl)O[C@@H]2COC(C)=O)[C@H](OC(C)=O)[C@@H](OC(C)=O)[C@H]1OC(C)=O. The lowest BCUT2D eigenvalue weighted by atomic mass is 9.93. The molecule has 20 nitrogen and oxygen atoms in total. The summed E-state index contributed by atoms with van der Waals surface area (Å²) in [7, 11) is 0. The highest BCUT2D eigenvalue weighted by Crippen LogP contribution is 2.39. The third kappa shape index (κ3) is 11.1. The largest absolute Gasteiger partial charge is 0.463 e. The van der Waals surface area contributed by atoms with Crippen LogP contribution < -0.4 is 0 Å². The molecular formula is C34H37Cl3N2O18. The number of hydrogen-bond donors (Lipinski definition) is 1. The van der Waals surface area contributed by atoms with Gasteiger partial charge in [0, 0.05) is 41.5 Å². The molecule has 0 aromatic heterocycles. The highest BCUT2D eigenvalue weighted by Gasteiger charge is 2.60. The number of benzene rings is 1. The Morgan fingerprint density at radius 3 is 1.49 bits per heavy atom. The Bertz CT molecular complexity index is 1750. The first-order valence-corrected chi connectivity index (χ1v) is 17.9. The van der Waals surface area contributed by atoms with E-state index in [2.05, 4.69) is 0 Å². The minimum Gasteiger partial charge on any atom is -0.463 e. The van der Waals surface area contributed by atoms with Crippen LogP contribution in [-0.4, -0.2) is 137 Å². The van der Waals surface area contributed by atoms with Crippen LogP contribution in [0.15, 0.2) is 24.3 Å². The summed E-state index contributed by atoms with van der Waals surface area (Å²) in [5.41, 5.74) is -0.170. The summed E-state index contributed by atoms with van der Waals surface area (Å²) in [5.74, 6) is -8.55. The van der Waals surface area contributed by atoms with Crippen LogP contribution >= 0.6 is 34.8 Å². The number of hydrogen-bond acceptors (Lipinski definition) is 19. The third-order valence-electron chi connectivity index (χ3n) is 8.22. The molecule has 3 aliphatic heterocycles. The number of alkyl halides is 3. The molecule has 2 amide bonds. The summed E-state index contributed by atoms with van der Waals surface area (Å²) in [4.78, 5) is 103. The number of ether oxygens (including phenoxy) is 10. The van der Waals surface area contributed by atoms with E-state index in [1.807, 2.05) is 0 Å². The van der Waals surface area contributed by atoms with Crippen LogP contribution in [0, 0.1) is 5.41 Å². The van der Waals surface area contributed by atoms with Gasteiger partial charge >= 0.3 is 35.8 Å². The Morgan fingerprint density at radius 1 is 0.614 bits per heavy atom. The molecule has 3 heterocycles. The topological polar surface area (TPSA) is 256 Å². The van der Waals surface area contributed by atoms with Crippen molar-refractivity contribution in [3.05, 3.63) is 35.4 Å². The summed E-state index contributed by atoms with van der Waals surface area (Å²) >= 11 is 17.7. The average Bonchev–Trinajstić information content (AvgIpc) is 3.34. The maximum Gasteiger partial charge on any atom is 0.303 e. The van der Waals surface area contributed by atoms with Gasteiger partial charge in [-0.25, -0.2) is 0 Å². The van der Waals surface area contributed by atoms with Crippen LogP contribution in [0.4, 0.5) is 0 Å². The second-order valence-corrected chi connectivity index (χ2v) is 14.8. The van der Waals surface area contributed by atoms with Gasteiger partial charge in [-0.1, -0.05) is 46.9 Å². The Hall–Kier alpha value is -4.60. The molecule has 2 fully saturated rings. The third-order valence-corrected chi connectivity index (χ3v) is 8.74. The maximum atomic E-state index is 14.0. The number of esters is 6. The highest BCUT2D eigenvalue weighted by molar-refractivity contribution is 6.76. The van der Waals surface area contributed by atoms with Gasteiger partial charge in [-0.15, -0.1) is 0 Å². The Balaban J connectivity index is 1.93. The van der Waals surface area contributed by atoms with Crippen molar-refractivity contribution in [3.63, 3.8) is 0 Å². The fourth-order valence-electron chi connectivity index (χ4n) is 6.20. The molecule has 10 atom stereocenters. The van der Waals surface area contributed by atoms with E-state index in [0.717, 1.165) is 41.5 Å². The first kappa shape index (κ1) is 45.1. The van der Waals surface area contributed by atoms with Crippen molar-refractivity contribution in [2.75, 3.05) is 13.2 Å². The van der Waals surface area contributed by atoms with E-state index in [9.17, 15) is 38.4 Å². The number of halogens is 3. The molecule has 3 aliphatic rings. The molecule has 23 heteroatoms. The van der Waals surface area contributed by atoms with Gasteiger partial charge in [0.1, 0.15) is 37.6 Å². The lowest BCUT2D eigenvalue weighted by molar-refractivity contribution is -0.349. The molecule has 312 valence electrons. The fourth-order valence-corrected chi connectivity index (χ4v) is 6.33. The summed E-state index contributed by atoms with van der Waals surface area (Å²) in [5, 5.41) is 8.30. The molecule has 0 bridgehead atoms. The molecule has 1 N–H and O–H groups in total. The smallest absolute Gasteiger partial charge is 0.303 e. The highest BCUT2D eigenvalue weighted by atomic mass is 35.6. The van der Waals surface area contributed by atoms with Gasteiger partial charge in [-0.3, -0.25) is 48.7 Å². The van der Waals surface area contributed by atoms with Crippen LogP contribution in [0.25, 0.3) is 0 Å². The van der Waals surface area contributed by atoms with E-state index in [1.165, 1.54) is 24.3 Å². The van der Waals surface area contributed by atoms with E-state index in [-0.39, 0.29) is 11.1 Å². The maximum absolute atomic E-state index is 14.0. The molecule has 0 radical (unpaired) electrons. The predicted octanol–water partition coefficient (Wildman–Crippen LogP) is 1.70. The summed E-state index contributed by atoms with van der Waals surface area (Å²) < 4.78 is 54.0. The molecule has 4 rings (SSSR count). The minimum atomic E-state index is -2.54. The van der Waals surface area contributed by atoms with E-state index in [4.69, 9.17) is 87.6 Å². The van der Waals surface area contributed by atoms with Crippen LogP contribution in [0.3, 0.4) is 0 Å². The van der Waals surface area contributed by atoms with Gasteiger partial charge in [0.25, 0.3) is 15.6 Å². The lowest BCUT2D eigenvalue weighted by Crippen LogP contribution is -2.70. The van der Waals surface area contributed by atoms with Crippen molar-refractivity contribution in [1.82, 2.24) is 4.90 Å². The summed E-state index contributed by atoms with van der Waals surface area (Å²) in [6.07, 6.45) is -16.1. The normalized spacial score (nSPS) is 28.3. The number of rotatable bonds is 12. The van der Waals surface area contributed by atoms with Crippen molar-refractivity contribution in [3.8, 4) is 0 Å². The van der Waals surface area contributed by atoms with Gasteiger partial charge in [0.2, 0.25) is 12.2 Å². The number of carbonyl (C=O) groups is 8. The second-order valence-electron chi connectivity index (χ2n) is 12.5. The molecule has 0 unspecified atom stereocenters. The predicted molar refractivity (Wildman–Crippen MR) is 188 cm³/mol. The zero-order valence-corrected chi connectivity index (χ0v) is 33.2. The van der Waals surface area contributed by atoms with Crippen LogP contribution in [-0.2, 0) is 76.1 Å². The number of imide groups is 1. The molecule has 2 saturated heterocycles. The number of carbonyl (C=O) groups excluding carboxylic acids is 8. The number of amides is 2. The molecule has 57 heavy (non-hydrogen) atoms. The Morgan fingerprint density at radius 2 is 1.04 bits per heavy atom. The average molecular weight is 868 g/mol. The standard InChI is InChI=1S/C34H37Cl3N2O18/c1-13(40)48-11-21-24(56-32-28(53-18(6)45)27(52-17(5)44)25(50-15(3)42)22(55-32)12-49-14(2)41)26(51-16(4)43)23(31(54-21)57-33(38)34(35,36)37)39-29(46)19-9-7-8-10-20(19)30(39)47/h7-10,21-28,31-32,38H,11-12H2,1-6H3/t21-,22-,23-,24-,25+,26-,27+,28-,31+,32+/m1/s1. The first-order chi connectivity index (χ1) is 26.6. The van der Waals surface area contributed by atoms with Gasteiger partial charge in [0.15, 0.2) is 30.7 Å². The number of nitrogens with zero attached hydrogens (tertiary/aromatic N) is 1. The summed E-state index contributed by atoms with van der Waals surface area (Å²) in [6.45, 7) is 4.63. The molecule has 0 aliphatic carbocycles. The Kier molecular flexibility index (Phi) is 14.9. The molecule has 0 spiro atoms. The van der Waals surface area contributed by atoms with Crippen LogP contribution in [0.1, 0.15) is 62.3 Å². The number of fused-ring (bicyclic) bond motifs is 1. The van der Waals surface area contributed by atoms with E-state index < -0.39 is 132 Å². The first-order valence-electron chi connectivity index (χ1n) is 16.8. The van der Waals surface area contributed by atoms with Gasteiger partial charge in [-0.2, -0.15) is 0 Å². The van der Waals surface area contributed by atoms with Crippen LogP contribution in [0.2, 0.25) is 0 Å². The van der Waals surface area contributed by atoms with Crippen molar-refractivity contribution >= 4 is 88.3 Å². The van der Waals surface area contributed by atoms with Gasteiger partial charge < -0.3 is 47.4 Å². The molecule has 1 aromatic carbocycles. The zero-order valence-electron chi connectivity index (χ0n) is 30.9. The van der Waals surface area contributed by atoms with E-state index in [0.29, 0.717) is 4.90 Å². The zero-order chi connectivity index (χ0) is 42.5. The number of nitrogens with one attached hydrogen (secondary N) is 1. The van der Waals surface area contributed by atoms with Crippen molar-refractivity contribution in [2.24, 2.45) is 0 Å². The quantitative estimate of drug-likeness (QED) is 0.0783. The van der Waals surface area contributed by atoms with E-state index >= 15 is 0 Å². The van der Waals surface area contributed by atoms with E-state index in [1.54, 1.807) is 0 Å². The second kappa shape index (κ2) is 18.8. The van der Waals surface area contributed by atoms with Crippen LogP contribution in [0.5, 0.6) is 0 Å². The fraction of sp³-hybridized carbons (Fsp3) is 0.559. The van der Waals surface area contributed by atoms with Crippen molar-refractivity contribution < 1.29 is 85.7 Å². The van der Waals surface area contributed by atoms with Crippen molar-refractivity contribution in [2.45, 2.75) is 107 Å². The molecule has 1 aromatic rings. The lowest BCUT2D eigenvalue weighted by Gasteiger charge is -2.50. The van der Waals surface area contributed by atoms with Crippen molar-refractivity contribution in [1.29, 1.82) is 5.41 Å². The monoisotopic (exact) mass is 866 g/mol. The van der Waals surface area contributed by atoms with Gasteiger partial charge in [-0.05, 0) is 12.1 Å². The molecule has 0 saturated carbocycles.